The van der Waals surface area contributed by atoms with Crippen LogP contribution in [0, 0.1) is 43.4 Å². The number of hydrogen-bond donors (Lipinski definition) is 2. The zero-order chi connectivity index (χ0) is 13.7. The first-order valence-corrected chi connectivity index (χ1v) is 5.51. The molecule has 7 heteroatoms. The van der Waals surface area contributed by atoms with Gasteiger partial charge in [0.25, 0.3) is 0 Å². The van der Waals surface area contributed by atoms with E-state index in [4.69, 9.17) is 15.8 Å². The maximum absolute atomic E-state index is 12.9. The summed E-state index contributed by atoms with van der Waals surface area (Å²) in [6.45, 7) is 0. The van der Waals surface area contributed by atoms with Crippen molar-refractivity contribution in [3.8, 4) is 24.0 Å². The zero-order valence-electron chi connectivity index (χ0n) is 8.70. The lowest BCUT2D eigenvalue weighted by Crippen LogP contribution is -2.03. The highest BCUT2D eigenvalue weighted by molar-refractivity contribution is 14.1. The van der Waals surface area contributed by atoms with Crippen LogP contribution in [0.5, 0.6) is 5.75 Å². The van der Waals surface area contributed by atoms with Crippen molar-refractivity contribution in [3.05, 3.63) is 32.8 Å². The van der Waals surface area contributed by atoms with Crippen molar-refractivity contribution >= 4 is 28.3 Å². The first kappa shape index (κ1) is 13.8. The third-order valence-electron chi connectivity index (χ3n) is 1.87. The minimum atomic E-state index is -0.634. The van der Waals surface area contributed by atoms with Gasteiger partial charge in [0, 0.05) is 9.64 Å². The highest BCUT2D eigenvalue weighted by atomic mass is 127. The molecule has 0 heterocycles. The molecule has 0 fully saturated rings. The number of phenols is 1. The summed E-state index contributed by atoms with van der Waals surface area (Å²) in [6.07, 6.45) is 0. The van der Waals surface area contributed by atoms with Crippen LogP contribution in [-0.4, -0.2) is 5.11 Å². The van der Waals surface area contributed by atoms with Gasteiger partial charge < -0.3 is 10.4 Å². The maximum Gasteiger partial charge on any atom is 0.163 e. The Morgan fingerprint density at radius 2 is 1.83 bits per heavy atom. The second-order valence-electron chi connectivity index (χ2n) is 2.99. The molecule has 0 radical (unpaired) electrons. The van der Waals surface area contributed by atoms with Crippen LogP contribution in [0.15, 0.2) is 23.4 Å². The monoisotopic (exact) mass is 354 g/mol. The Morgan fingerprint density at radius 1 is 1.22 bits per heavy atom. The minimum Gasteiger partial charge on any atom is -0.506 e. The lowest BCUT2D eigenvalue weighted by molar-refractivity contribution is 0.471. The molecule has 0 aliphatic carbocycles. The number of aromatic hydroxyl groups is 1. The van der Waals surface area contributed by atoms with Crippen LogP contribution in [0.2, 0.25) is 0 Å². The van der Waals surface area contributed by atoms with Gasteiger partial charge >= 0.3 is 0 Å². The summed E-state index contributed by atoms with van der Waals surface area (Å²) in [5.41, 5.74) is -0.659. The van der Waals surface area contributed by atoms with E-state index in [9.17, 15) is 9.50 Å². The van der Waals surface area contributed by atoms with Gasteiger partial charge in [0.1, 0.15) is 35.5 Å². The van der Waals surface area contributed by atoms with Crippen LogP contribution in [0.25, 0.3) is 0 Å². The number of nitriles is 3. The summed E-state index contributed by atoms with van der Waals surface area (Å²) in [7, 11) is 0. The van der Waals surface area contributed by atoms with Gasteiger partial charge in [-0.25, -0.2) is 4.39 Å². The molecule has 1 rings (SSSR count). The Morgan fingerprint density at radius 3 is 2.28 bits per heavy atom. The van der Waals surface area contributed by atoms with E-state index in [0.29, 0.717) is 3.57 Å². The number of benzene rings is 1. The molecule has 1 aromatic rings. The molecule has 0 aliphatic heterocycles. The second kappa shape index (κ2) is 5.85. The molecule has 18 heavy (non-hydrogen) atoms. The van der Waals surface area contributed by atoms with E-state index in [-0.39, 0.29) is 11.4 Å². The molecular formula is C11H4FIN4O. The molecule has 0 aromatic heterocycles. The largest absolute Gasteiger partial charge is 0.506 e. The molecule has 0 bridgehead atoms. The van der Waals surface area contributed by atoms with Crippen molar-refractivity contribution in [2.75, 3.05) is 5.32 Å². The van der Waals surface area contributed by atoms with Crippen LogP contribution in [0.4, 0.5) is 10.1 Å². The fourth-order valence-corrected chi connectivity index (χ4v) is 1.80. The van der Waals surface area contributed by atoms with Crippen molar-refractivity contribution in [2.45, 2.75) is 0 Å². The van der Waals surface area contributed by atoms with Crippen LogP contribution in [-0.2, 0) is 0 Å². The summed E-state index contributed by atoms with van der Waals surface area (Å²) in [5, 5.41) is 38.1. The van der Waals surface area contributed by atoms with E-state index in [1.807, 2.05) is 0 Å². The fourth-order valence-electron chi connectivity index (χ4n) is 1.09. The molecule has 0 atom stereocenters. The highest BCUT2D eigenvalue weighted by Crippen LogP contribution is 2.31. The van der Waals surface area contributed by atoms with Gasteiger partial charge in [0.15, 0.2) is 5.57 Å². The SMILES string of the molecule is N#CC(C#N)=C(C#N)Nc1c(O)cc(F)cc1I. The number of phenolic OH excluding ortho intramolecular Hbond substituents is 1. The van der Waals surface area contributed by atoms with Gasteiger partial charge in [0.05, 0.1) is 5.69 Å². The molecule has 0 spiro atoms. The summed E-state index contributed by atoms with van der Waals surface area (Å²) >= 11 is 1.75. The molecule has 0 saturated heterocycles. The number of allylic oxidation sites excluding steroid dienone is 2. The Balaban J connectivity index is 3.30. The zero-order valence-corrected chi connectivity index (χ0v) is 10.9. The predicted molar refractivity (Wildman–Crippen MR) is 68.3 cm³/mol. The standard InChI is InChI=1S/C11H4FIN4O/c12-7-1-8(13)11(10(18)2-7)17-9(5-16)6(3-14)4-15/h1-2,17-18H. The van der Waals surface area contributed by atoms with Crippen LogP contribution >= 0.6 is 22.6 Å². The van der Waals surface area contributed by atoms with E-state index in [1.165, 1.54) is 0 Å². The Hall–Kier alpha value is -2.31. The summed E-state index contributed by atoms with van der Waals surface area (Å²) < 4.78 is 13.3. The summed E-state index contributed by atoms with van der Waals surface area (Å²) in [6, 6.07) is 6.73. The van der Waals surface area contributed by atoms with Gasteiger partial charge in [-0.2, -0.15) is 15.8 Å². The quantitative estimate of drug-likeness (QED) is 0.482. The first-order chi connectivity index (χ1) is 8.53. The predicted octanol–water partition coefficient (Wildman–Crippen LogP) is 2.37. The molecule has 1 aromatic carbocycles. The molecule has 88 valence electrons. The molecule has 0 amide bonds. The highest BCUT2D eigenvalue weighted by Gasteiger charge is 2.13. The molecule has 2 N–H and O–H groups in total. The number of nitrogens with one attached hydrogen (secondary N) is 1. The Labute approximate surface area is 116 Å². The lowest BCUT2D eigenvalue weighted by atomic mass is 10.2. The number of anilines is 1. The van der Waals surface area contributed by atoms with E-state index in [2.05, 4.69) is 5.32 Å². The number of nitrogens with zero attached hydrogens (tertiary/aromatic N) is 3. The lowest BCUT2D eigenvalue weighted by Gasteiger charge is -2.09. The normalized spacial score (nSPS) is 8.61. The maximum atomic E-state index is 12.9. The number of hydrogen-bond acceptors (Lipinski definition) is 5. The fraction of sp³-hybridized carbons (Fsp3) is 0. The molecular weight excluding hydrogens is 350 g/mol. The average Bonchev–Trinajstić information content (AvgIpc) is 2.32. The molecule has 0 unspecified atom stereocenters. The van der Waals surface area contributed by atoms with Crippen molar-refractivity contribution in [2.24, 2.45) is 0 Å². The van der Waals surface area contributed by atoms with Crippen molar-refractivity contribution in [1.82, 2.24) is 0 Å². The summed E-state index contributed by atoms with van der Waals surface area (Å²) in [5.74, 6) is -1.05. The minimum absolute atomic E-state index is 0.0663. The van der Waals surface area contributed by atoms with Crippen molar-refractivity contribution in [3.63, 3.8) is 0 Å². The van der Waals surface area contributed by atoms with E-state index < -0.39 is 17.1 Å². The van der Waals surface area contributed by atoms with Crippen LogP contribution in [0.3, 0.4) is 0 Å². The van der Waals surface area contributed by atoms with Gasteiger partial charge in [-0.1, -0.05) is 0 Å². The smallest absolute Gasteiger partial charge is 0.163 e. The Kier molecular flexibility index (Phi) is 4.47. The third kappa shape index (κ3) is 2.88. The molecule has 5 nitrogen and oxygen atoms in total. The average molecular weight is 354 g/mol. The van der Waals surface area contributed by atoms with E-state index in [1.54, 1.807) is 40.8 Å². The van der Waals surface area contributed by atoms with Crippen molar-refractivity contribution < 1.29 is 9.50 Å². The van der Waals surface area contributed by atoms with E-state index in [0.717, 1.165) is 12.1 Å². The topological polar surface area (TPSA) is 104 Å². The van der Waals surface area contributed by atoms with Crippen molar-refractivity contribution in [1.29, 1.82) is 15.8 Å². The molecule has 0 saturated carbocycles. The number of halogens is 2. The first-order valence-electron chi connectivity index (χ1n) is 4.43. The molecule has 0 aliphatic rings. The Bertz CT molecular complexity index is 609. The van der Waals surface area contributed by atoms with E-state index >= 15 is 0 Å². The van der Waals surface area contributed by atoms with Gasteiger partial charge in [-0.15, -0.1) is 0 Å². The second-order valence-corrected chi connectivity index (χ2v) is 4.15. The van der Waals surface area contributed by atoms with Gasteiger partial charge in [0.2, 0.25) is 0 Å². The van der Waals surface area contributed by atoms with Crippen LogP contribution < -0.4 is 5.32 Å². The van der Waals surface area contributed by atoms with Gasteiger partial charge in [-0.05, 0) is 28.7 Å². The summed E-state index contributed by atoms with van der Waals surface area (Å²) in [4.78, 5) is 0. The van der Waals surface area contributed by atoms with Crippen LogP contribution in [0.1, 0.15) is 0 Å². The number of rotatable bonds is 2. The van der Waals surface area contributed by atoms with Gasteiger partial charge in [-0.3, -0.25) is 0 Å². The third-order valence-corrected chi connectivity index (χ3v) is 2.72.